The molecule has 0 spiro atoms. The monoisotopic (exact) mass is 301 g/mol. The first kappa shape index (κ1) is 17.7. The van der Waals surface area contributed by atoms with E-state index in [0.29, 0.717) is 24.8 Å². The van der Waals surface area contributed by atoms with Crippen LogP contribution in [0.25, 0.3) is 0 Å². The normalized spacial score (nSPS) is 12.3. The number of nitrogens with two attached hydrogens (primary N) is 1. The number of nitriles is 1. The van der Waals surface area contributed by atoms with Gasteiger partial charge in [-0.15, -0.1) is 0 Å². The van der Waals surface area contributed by atoms with Crippen molar-refractivity contribution in [1.82, 2.24) is 5.32 Å². The number of carbonyl (C=O) groups is 2. The first-order chi connectivity index (χ1) is 10.3. The zero-order valence-electron chi connectivity index (χ0n) is 13.3. The van der Waals surface area contributed by atoms with E-state index >= 15 is 0 Å². The average Bonchev–Trinajstić information content (AvgIpc) is 2.45. The van der Waals surface area contributed by atoms with Crippen molar-refractivity contribution >= 4 is 11.8 Å². The first-order valence-corrected chi connectivity index (χ1v) is 7.33. The van der Waals surface area contributed by atoms with Gasteiger partial charge in [-0.2, -0.15) is 5.26 Å². The standard InChI is InChI=1S/C17H23N3O2/c1-17(2,3)13-9-7-12(8-10-13)16(22)20-14(15(19)21)6-4-5-11-18/h7-10,14H,4-6H2,1-3H3,(H2,19,21)(H,20,22)/t14-/m1/s1. The number of primary amides is 1. The molecule has 0 saturated carbocycles. The highest BCUT2D eigenvalue weighted by Crippen LogP contribution is 2.22. The van der Waals surface area contributed by atoms with Crippen LogP contribution in [0.4, 0.5) is 0 Å². The molecule has 0 aliphatic rings. The van der Waals surface area contributed by atoms with Crippen molar-refractivity contribution in [1.29, 1.82) is 5.26 Å². The smallest absolute Gasteiger partial charge is 0.251 e. The molecule has 0 aromatic heterocycles. The maximum absolute atomic E-state index is 12.2. The summed E-state index contributed by atoms with van der Waals surface area (Å²) in [6, 6.07) is 8.55. The lowest BCUT2D eigenvalue weighted by atomic mass is 9.86. The van der Waals surface area contributed by atoms with Crippen LogP contribution in [0.2, 0.25) is 0 Å². The molecule has 118 valence electrons. The van der Waals surface area contributed by atoms with Crippen LogP contribution in [0.1, 0.15) is 56.0 Å². The van der Waals surface area contributed by atoms with E-state index in [-0.39, 0.29) is 11.3 Å². The third-order valence-corrected chi connectivity index (χ3v) is 3.44. The van der Waals surface area contributed by atoms with E-state index < -0.39 is 11.9 Å². The number of hydrogen-bond acceptors (Lipinski definition) is 3. The van der Waals surface area contributed by atoms with Crippen molar-refractivity contribution in [3.63, 3.8) is 0 Å². The van der Waals surface area contributed by atoms with Gasteiger partial charge < -0.3 is 11.1 Å². The SMILES string of the molecule is CC(C)(C)c1ccc(C(=O)N[C@H](CCCC#N)C(N)=O)cc1. The molecule has 0 radical (unpaired) electrons. The number of unbranched alkanes of at least 4 members (excludes halogenated alkanes) is 1. The number of nitrogens with zero attached hydrogens (tertiary/aromatic N) is 1. The Bertz CT molecular complexity index is 565. The fourth-order valence-corrected chi connectivity index (χ4v) is 2.03. The predicted molar refractivity (Wildman–Crippen MR) is 85.1 cm³/mol. The Morgan fingerprint density at radius 3 is 2.32 bits per heavy atom. The maximum Gasteiger partial charge on any atom is 0.251 e. The topological polar surface area (TPSA) is 96.0 Å². The number of rotatable bonds is 6. The van der Waals surface area contributed by atoms with Gasteiger partial charge in [-0.05, 0) is 36.0 Å². The van der Waals surface area contributed by atoms with Gasteiger partial charge in [0.15, 0.2) is 0 Å². The quantitative estimate of drug-likeness (QED) is 0.789. The Morgan fingerprint density at radius 2 is 1.86 bits per heavy atom. The van der Waals surface area contributed by atoms with Gasteiger partial charge in [-0.1, -0.05) is 32.9 Å². The molecule has 0 fully saturated rings. The molecule has 3 N–H and O–H groups in total. The van der Waals surface area contributed by atoms with Crippen molar-refractivity contribution < 1.29 is 9.59 Å². The minimum atomic E-state index is -0.747. The zero-order valence-corrected chi connectivity index (χ0v) is 13.3. The van der Waals surface area contributed by atoms with Crippen LogP contribution in [0.5, 0.6) is 0 Å². The molecule has 1 atom stereocenters. The third kappa shape index (κ3) is 5.21. The Balaban J connectivity index is 2.74. The number of carbonyl (C=O) groups excluding carboxylic acids is 2. The van der Waals surface area contributed by atoms with E-state index in [1.165, 1.54) is 0 Å². The van der Waals surface area contributed by atoms with Crippen molar-refractivity contribution in [2.75, 3.05) is 0 Å². The van der Waals surface area contributed by atoms with Crippen LogP contribution in [-0.4, -0.2) is 17.9 Å². The summed E-state index contributed by atoms with van der Waals surface area (Å²) in [7, 11) is 0. The number of nitrogens with one attached hydrogen (secondary N) is 1. The van der Waals surface area contributed by atoms with Crippen LogP contribution in [0.3, 0.4) is 0 Å². The molecule has 1 aromatic rings. The summed E-state index contributed by atoms with van der Waals surface area (Å²) < 4.78 is 0. The number of hydrogen-bond donors (Lipinski definition) is 2. The Kier molecular flexibility index (Phi) is 6.11. The molecular weight excluding hydrogens is 278 g/mol. The lowest BCUT2D eigenvalue weighted by Crippen LogP contribution is -2.44. The molecule has 0 heterocycles. The summed E-state index contributed by atoms with van der Waals surface area (Å²) in [5.74, 6) is -0.918. The Morgan fingerprint density at radius 1 is 1.27 bits per heavy atom. The largest absolute Gasteiger partial charge is 0.368 e. The molecule has 1 rings (SSSR count). The molecule has 0 bridgehead atoms. The fraction of sp³-hybridized carbons (Fsp3) is 0.471. The second kappa shape index (κ2) is 7.60. The molecule has 0 aliphatic carbocycles. The highest BCUT2D eigenvalue weighted by Gasteiger charge is 2.19. The van der Waals surface area contributed by atoms with Crippen molar-refractivity contribution in [3.8, 4) is 6.07 Å². The van der Waals surface area contributed by atoms with Gasteiger partial charge in [-0.3, -0.25) is 9.59 Å². The maximum atomic E-state index is 12.2. The van der Waals surface area contributed by atoms with Crippen LogP contribution in [-0.2, 0) is 10.2 Å². The second-order valence-corrected chi connectivity index (χ2v) is 6.31. The molecule has 0 saturated heterocycles. The third-order valence-electron chi connectivity index (χ3n) is 3.44. The summed E-state index contributed by atoms with van der Waals surface area (Å²) in [6.45, 7) is 6.29. The highest BCUT2D eigenvalue weighted by atomic mass is 16.2. The molecule has 22 heavy (non-hydrogen) atoms. The van der Waals surface area contributed by atoms with Gasteiger partial charge in [0.05, 0.1) is 6.07 Å². The minimum absolute atomic E-state index is 0.0159. The molecule has 0 unspecified atom stereocenters. The highest BCUT2D eigenvalue weighted by molar-refractivity contribution is 5.97. The average molecular weight is 301 g/mol. The van der Waals surface area contributed by atoms with Crippen LogP contribution in [0.15, 0.2) is 24.3 Å². The summed E-state index contributed by atoms with van der Waals surface area (Å²) in [5, 5.41) is 11.1. The van der Waals surface area contributed by atoms with Crippen LogP contribution < -0.4 is 11.1 Å². The minimum Gasteiger partial charge on any atom is -0.368 e. The van der Waals surface area contributed by atoms with Gasteiger partial charge in [0.1, 0.15) is 6.04 Å². The van der Waals surface area contributed by atoms with Crippen molar-refractivity contribution in [2.24, 2.45) is 5.73 Å². The molecule has 1 aromatic carbocycles. The van der Waals surface area contributed by atoms with Crippen molar-refractivity contribution in [3.05, 3.63) is 35.4 Å². The van der Waals surface area contributed by atoms with Gasteiger partial charge in [0, 0.05) is 12.0 Å². The van der Waals surface area contributed by atoms with Gasteiger partial charge in [0.25, 0.3) is 5.91 Å². The van der Waals surface area contributed by atoms with Gasteiger partial charge >= 0.3 is 0 Å². The summed E-state index contributed by atoms with van der Waals surface area (Å²) >= 11 is 0. The number of amides is 2. The van der Waals surface area contributed by atoms with Crippen molar-refractivity contribution in [2.45, 2.75) is 51.5 Å². The van der Waals surface area contributed by atoms with E-state index in [4.69, 9.17) is 11.0 Å². The van der Waals surface area contributed by atoms with Crippen LogP contribution >= 0.6 is 0 Å². The Hall–Kier alpha value is -2.35. The first-order valence-electron chi connectivity index (χ1n) is 7.33. The Labute approximate surface area is 131 Å². The van der Waals surface area contributed by atoms with E-state index in [0.717, 1.165) is 5.56 Å². The van der Waals surface area contributed by atoms with Gasteiger partial charge in [-0.25, -0.2) is 0 Å². The lowest BCUT2D eigenvalue weighted by molar-refractivity contribution is -0.120. The molecule has 2 amide bonds. The predicted octanol–water partition coefficient (Wildman–Crippen LogP) is 2.26. The molecule has 5 nitrogen and oxygen atoms in total. The van der Waals surface area contributed by atoms with E-state index in [9.17, 15) is 9.59 Å². The molecular formula is C17H23N3O2. The summed E-state index contributed by atoms with van der Waals surface area (Å²) in [5.41, 5.74) is 6.92. The van der Waals surface area contributed by atoms with Crippen LogP contribution in [0, 0.1) is 11.3 Å². The lowest BCUT2D eigenvalue weighted by Gasteiger charge is -2.19. The summed E-state index contributed by atoms with van der Waals surface area (Å²) in [6.07, 6.45) is 1.22. The number of benzene rings is 1. The van der Waals surface area contributed by atoms with E-state index in [1.807, 2.05) is 18.2 Å². The van der Waals surface area contributed by atoms with E-state index in [1.54, 1.807) is 12.1 Å². The van der Waals surface area contributed by atoms with Gasteiger partial charge in [0.2, 0.25) is 5.91 Å². The molecule has 5 heteroatoms. The molecule has 0 aliphatic heterocycles. The van der Waals surface area contributed by atoms with E-state index in [2.05, 4.69) is 26.1 Å². The second-order valence-electron chi connectivity index (χ2n) is 6.31. The zero-order chi connectivity index (χ0) is 16.8. The fourth-order valence-electron chi connectivity index (χ4n) is 2.03. The summed E-state index contributed by atoms with van der Waals surface area (Å²) in [4.78, 5) is 23.5.